The standard InChI is InChI=1S/C18H19BrFN5O/c1-25(2)5-6-26-16-9-15-12(8-14(16)21)17(22)24-18(23-15)11-4-3-10(19)7-13(11)20/h3-4,7-9H,5-6,21H2,1-2H3,(H2,22,23,24). The van der Waals surface area contributed by atoms with E-state index < -0.39 is 5.82 Å². The normalized spacial score (nSPS) is 11.3. The van der Waals surface area contributed by atoms with E-state index in [-0.39, 0.29) is 17.2 Å². The number of benzene rings is 2. The van der Waals surface area contributed by atoms with Crippen molar-refractivity contribution in [2.24, 2.45) is 0 Å². The number of nitrogens with zero attached hydrogens (tertiary/aromatic N) is 3. The molecule has 0 amide bonds. The zero-order chi connectivity index (χ0) is 18.8. The predicted molar refractivity (Wildman–Crippen MR) is 106 cm³/mol. The first-order valence-electron chi connectivity index (χ1n) is 7.95. The lowest BCUT2D eigenvalue weighted by molar-refractivity contribution is 0.262. The van der Waals surface area contributed by atoms with Crippen molar-refractivity contribution in [3.05, 3.63) is 40.6 Å². The molecular weight excluding hydrogens is 401 g/mol. The Kier molecular flexibility index (Phi) is 5.24. The lowest BCUT2D eigenvalue weighted by atomic mass is 10.1. The number of hydrogen-bond acceptors (Lipinski definition) is 6. The van der Waals surface area contributed by atoms with Crippen molar-refractivity contribution in [1.29, 1.82) is 0 Å². The first-order chi connectivity index (χ1) is 12.3. The van der Waals surface area contributed by atoms with Gasteiger partial charge < -0.3 is 21.1 Å². The molecule has 1 heterocycles. The summed E-state index contributed by atoms with van der Waals surface area (Å²) in [6.45, 7) is 1.23. The summed E-state index contributed by atoms with van der Waals surface area (Å²) in [6.07, 6.45) is 0. The average molecular weight is 420 g/mol. The number of hydrogen-bond donors (Lipinski definition) is 2. The Morgan fingerprint density at radius 1 is 1.15 bits per heavy atom. The lowest BCUT2D eigenvalue weighted by Gasteiger charge is -2.14. The molecule has 2 aromatic carbocycles. The van der Waals surface area contributed by atoms with Crippen molar-refractivity contribution in [1.82, 2.24) is 14.9 Å². The van der Waals surface area contributed by atoms with Crippen LogP contribution in [0.1, 0.15) is 0 Å². The van der Waals surface area contributed by atoms with Gasteiger partial charge in [-0.05, 0) is 38.4 Å². The van der Waals surface area contributed by atoms with Crippen LogP contribution in [0, 0.1) is 5.82 Å². The molecule has 0 saturated carbocycles. The van der Waals surface area contributed by atoms with Crippen molar-refractivity contribution in [3.8, 4) is 17.1 Å². The Labute approximate surface area is 159 Å². The van der Waals surface area contributed by atoms with Gasteiger partial charge in [0.25, 0.3) is 0 Å². The van der Waals surface area contributed by atoms with E-state index in [9.17, 15) is 4.39 Å². The number of nitrogen functional groups attached to an aromatic ring is 2. The molecule has 0 radical (unpaired) electrons. The summed E-state index contributed by atoms with van der Waals surface area (Å²) in [7, 11) is 3.92. The monoisotopic (exact) mass is 419 g/mol. The minimum absolute atomic E-state index is 0.212. The van der Waals surface area contributed by atoms with Crippen LogP contribution in [0.4, 0.5) is 15.9 Å². The summed E-state index contributed by atoms with van der Waals surface area (Å²) < 4.78 is 20.6. The summed E-state index contributed by atoms with van der Waals surface area (Å²) in [5.74, 6) is 0.526. The number of ether oxygens (including phenoxy) is 1. The maximum Gasteiger partial charge on any atom is 0.165 e. The van der Waals surface area contributed by atoms with Crippen molar-refractivity contribution in [3.63, 3.8) is 0 Å². The number of anilines is 2. The van der Waals surface area contributed by atoms with Crippen LogP contribution < -0.4 is 16.2 Å². The average Bonchev–Trinajstić information content (AvgIpc) is 2.55. The summed E-state index contributed by atoms with van der Waals surface area (Å²) in [6, 6.07) is 8.07. The molecule has 0 aliphatic heterocycles. The largest absolute Gasteiger partial charge is 0.490 e. The molecule has 0 saturated heterocycles. The molecule has 136 valence electrons. The Morgan fingerprint density at radius 2 is 1.92 bits per heavy atom. The van der Waals surface area contributed by atoms with Crippen LogP contribution in [0.15, 0.2) is 34.8 Å². The fourth-order valence-electron chi connectivity index (χ4n) is 2.45. The van der Waals surface area contributed by atoms with E-state index in [1.807, 2.05) is 19.0 Å². The maximum absolute atomic E-state index is 14.3. The van der Waals surface area contributed by atoms with Gasteiger partial charge in [-0.3, -0.25) is 0 Å². The number of aromatic nitrogens is 2. The molecule has 0 unspecified atom stereocenters. The van der Waals surface area contributed by atoms with E-state index in [0.717, 1.165) is 6.54 Å². The molecule has 0 aliphatic carbocycles. The molecule has 0 spiro atoms. The van der Waals surface area contributed by atoms with Gasteiger partial charge in [0.15, 0.2) is 5.82 Å². The molecule has 0 aliphatic rings. The van der Waals surface area contributed by atoms with Gasteiger partial charge in [-0.15, -0.1) is 0 Å². The minimum atomic E-state index is -0.434. The fourth-order valence-corrected chi connectivity index (χ4v) is 2.78. The second kappa shape index (κ2) is 7.43. The van der Waals surface area contributed by atoms with Gasteiger partial charge in [0, 0.05) is 22.5 Å². The molecule has 8 heteroatoms. The van der Waals surface area contributed by atoms with E-state index in [0.29, 0.717) is 33.4 Å². The molecule has 1 aromatic heterocycles. The molecule has 4 N–H and O–H groups in total. The van der Waals surface area contributed by atoms with E-state index in [2.05, 4.69) is 25.9 Å². The molecular formula is C18H19BrFN5O. The van der Waals surface area contributed by atoms with Gasteiger partial charge in [-0.1, -0.05) is 15.9 Å². The molecule has 0 atom stereocenters. The molecule has 0 fully saturated rings. The quantitative estimate of drug-likeness (QED) is 0.616. The van der Waals surface area contributed by atoms with Gasteiger partial charge in [0.1, 0.15) is 24.0 Å². The zero-order valence-corrected chi connectivity index (χ0v) is 16.0. The number of nitrogens with two attached hydrogens (primary N) is 2. The summed E-state index contributed by atoms with van der Waals surface area (Å²) in [4.78, 5) is 10.7. The number of fused-ring (bicyclic) bond motifs is 1. The van der Waals surface area contributed by atoms with Gasteiger partial charge >= 0.3 is 0 Å². The molecule has 0 bridgehead atoms. The van der Waals surface area contributed by atoms with Crippen molar-refractivity contribution >= 4 is 38.3 Å². The summed E-state index contributed by atoms with van der Waals surface area (Å²) >= 11 is 3.24. The minimum Gasteiger partial charge on any atom is -0.490 e. The lowest BCUT2D eigenvalue weighted by Crippen LogP contribution is -2.19. The first-order valence-corrected chi connectivity index (χ1v) is 8.74. The Morgan fingerprint density at radius 3 is 2.62 bits per heavy atom. The van der Waals surface area contributed by atoms with Crippen LogP contribution in [-0.2, 0) is 0 Å². The highest BCUT2D eigenvalue weighted by Gasteiger charge is 2.14. The second-order valence-corrected chi connectivity index (χ2v) is 7.03. The SMILES string of the molecule is CN(C)CCOc1cc2nc(-c3ccc(Br)cc3F)nc(N)c2cc1N. The van der Waals surface area contributed by atoms with Crippen LogP contribution in [0.2, 0.25) is 0 Å². The van der Waals surface area contributed by atoms with Gasteiger partial charge in [0.2, 0.25) is 0 Å². The highest BCUT2D eigenvalue weighted by molar-refractivity contribution is 9.10. The Hall–Kier alpha value is -2.45. The van der Waals surface area contributed by atoms with Gasteiger partial charge in [-0.2, -0.15) is 0 Å². The van der Waals surface area contributed by atoms with E-state index >= 15 is 0 Å². The highest BCUT2D eigenvalue weighted by Crippen LogP contribution is 2.32. The van der Waals surface area contributed by atoms with Gasteiger partial charge in [0.05, 0.1) is 16.8 Å². The Bertz CT molecular complexity index is 964. The second-order valence-electron chi connectivity index (χ2n) is 6.12. The van der Waals surface area contributed by atoms with E-state index in [4.69, 9.17) is 16.2 Å². The van der Waals surface area contributed by atoms with Gasteiger partial charge in [-0.25, -0.2) is 14.4 Å². The number of halogens is 2. The molecule has 3 aromatic rings. The number of rotatable bonds is 5. The van der Waals surface area contributed by atoms with Crippen molar-refractivity contribution in [2.75, 3.05) is 38.7 Å². The van der Waals surface area contributed by atoms with Crippen LogP contribution in [0.25, 0.3) is 22.3 Å². The van der Waals surface area contributed by atoms with Crippen LogP contribution >= 0.6 is 15.9 Å². The van der Waals surface area contributed by atoms with Crippen molar-refractivity contribution < 1.29 is 9.13 Å². The van der Waals surface area contributed by atoms with Crippen molar-refractivity contribution in [2.45, 2.75) is 0 Å². The Balaban J connectivity index is 2.04. The van der Waals surface area contributed by atoms with E-state index in [1.165, 1.54) is 6.07 Å². The highest BCUT2D eigenvalue weighted by atomic mass is 79.9. The third kappa shape index (κ3) is 3.86. The fraction of sp³-hybridized carbons (Fsp3) is 0.222. The first kappa shape index (κ1) is 18.3. The third-order valence-electron chi connectivity index (χ3n) is 3.82. The van der Waals surface area contributed by atoms with Crippen LogP contribution in [-0.4, -0.2) is 42.1 Å². The molecule has 26 heavy (non-hydrogen) atoms. The van der Waals surface area contributed by atoms with E-state index in [1.54, 1.807) is 24.3 Å². The summed E-state index contributed by atoms with van der Waals surface area (Å²) in [5, 5.41) is 0.601. The maximum atomic E-state index is 14.3. The van der Waals surface area contributed by atoms with Crippen LogP contribution in [0.3, 0.4) is 0 Å². The smallest absolute Gasteiger partial charge is 0.165 e. The third-order valence-corrected chi connectivity index (χ3v) is 4.32. The summed E-state index contributed by atoms with van der Waals surface area (Å²) in [5.41, 5.74) is 13.4. The van der Waals surface area contributed by atoms with Crippen LogP contribution in [0.5, 0.6) is 5.75 Å². The predicted octanol–water partition coefficient (Wildman–Crippen LogP) is 3.30. The molecule has 6 nitrogen and oxygen atoms in total. The number of likely N-dealkylation sites (N-methyl/N-ethyl adjacent to an activating group) is 1. The topological polar surface area (TPSA) is 90.3 Å². The molecule has 3 rings (SSSR count). The zero-order valence-electron chi connectivity index (χ0n) is 14.5.